The van der Waals surface area contributed by atoms with Gasteiger partial charge in [-0.15, -0.1) is 24.0 Å². The third-order valence-corrected chi connectivity index (χ3v) is 3.93. The number of aliphatic hydroxyl groups excluding tert-OH is 1. The number of furan rings is 1. The predicted molar refractivity (Wildman–Crippen MR) is 105 cm³/mol. The minimum Gasteiger partial charge on any atom is -0.467 e. The molecule has 0 saturated carbocycles. The lowest BCUT2D eigenvalue weighted by Gasteiger charge is -2.25. The van der Waals surface area contributed by atoms with E-state index >= 15 is 0 Å². The Kier molecular flexibility index (Phi) is 7.24. The van der Waals surface area contributed by atoms with Gasteiger partial charge in [0.25, 0.3) is 0 Å². The number of aryl methyl sites for hydroxylation is 2. The van der Waals surface area contributed by atoms with Crippen molar-refractivity contribution in [3.05, 3.63) is 35.8 Å². The Hall–Kier alpha value is -1.62. The van der Waals surface area contributed by atoms with Gasteiger partial charge in [0.05, 0.1) is 18.8 Å². The van der Waals surface area contributed by atoms with Crippen molar-refractivity contribution >= 4 is 29.9 Å². The second kappa shape index (κ2) is 9.18. The van der Waals surface area contributed by atoms with Gasteiger partial charge in [0, 0.05) is 13.1 Å². The van der Waals surface area contributed by atoms with Crippen LogP contribution < -0.4 is 10.6 Å². The highest BCUT2D eigenvalue weighted by atomic mass is 127. The summed E-state index contributed by atoms with van der Waals surface area (Å²) in [6, 6.07) is 3.56. The Morgan fingerprint density at radius 3 is 3.12 bits per heavy atom. The lowest BCUT2D eigenvalue weighted by molar-refractivity contribution is 0.158. The fourth-order valence-corrected chi connectivity index (χ4v) is 2.84. The van der Waals surface area contributed by atoms with Crippen LogP contribution in [0, 0.1) is 6.92 Å². The van der Waals surface area contributed by atoms with Gasteiger partial charge in [0.2, 0.25) is 0 Å². The molecule has 0 bridgehead atoms. The predicted octanol–water partition coefficient (Wildman–Crippen LogP) is 1.92. The summed E-state index contributed by atoms with van der Waals surface area (Å²) in [4.78, 5) is 8.99. The number of guanidine groups is 1. The Morgan fingerprint density at radius 2 is 2.40 bits per heavy atom. The number of aromatic nitrogens is 3. The number of hydrogen-bond donors (Lipinski definition) is 3. The molecule has 0 aromatic carbocycles. The molecular formula is C16H25IN6O2. The van der Waals surface area contributed by atoms with Crippen molar-refractivity contribution in [2.24, 2.45) is 4.99 Å². The molecule has 2 atom stereocenters. The molecule has 0 fully saturated rings. The van der Waals surface area contributed by atoms with Gasteiger partial charge in [-0.2, -0.15) is 5.10 Å². The van der Waals surface area contributed by atoms with Gasteiger partial charge in [0.1, 0.15) is 23.5 Å². The summed E-state index contributed by atoms with van der Waals surface area (Å²) >= 11 is 0. The van der Waals surface area contributed by atoms with E-state index in [-0.39, 0.29) is 36.6 Å². The first-order valence-electron chi connectivity index (χ1n) is 8.35. The maximum atomic E-state index is 10.1. The van der Waals surface area contributed by atoms with Crippen molar-refractivity contribution in [2.75, 3.05) is 13.1 Å². The summed E-state index contributed by atoms with van der Waals surface area (Å²) in [5.41, 5.74) is 0. The summed E-state index contributed by atoms with van der Waals surface area (Å²) in [7, 11) is 0. The highest BCUT2D eigenvalue weighted by molar-refractivity contribution is 14.0. The molecule has 2 aromatic rings. The number of hydrogen-bond acceptors (Lipinski definition) is 5. The van der Waals surface area contributed by atoms with E-state index in [1.54, 1.807) is 18.4 Å². The van der Waals surface area contributed by atoms with Crippen molar-refractivity contribution in [3.63, 3.8) is 0 Å². The molecule has 2 unspecified atom stereocenters. The topological polar surface area (TPSA) is 100 Å². The lowest BCUT2D eigenvalue weighted by atomic mass is 10.1. The number of halogens is 1. The summed E-state index contributed by atoms with van der Waals surface area (Å²) in [6.07, 6.45) is 2.81. The number of nitrogens with zero attached hydrogens (tertiary/aromatic N) is 4. The maximum absolute atomic E-state index is 10.1. The normalized spacial score (nSPS) is 18.2. The standard InChI is InChI=1S/C16H24N6O2.HI/c1-3-17-16(18-10-13(23)14-7-5-9-24-14)20-12-6-4-8-22-15(12)19-11(2)21-22;/h5,7,9,12-13,23H,3-4,6,8,10H2,1-2H3,(H2,17,18,20);1H. The number of aliphatic imine (C=N–C) groups is 1. The minimum atomic E-state index is -0.757. The molecule has 1 aliphatic rings. The van der Waals surface area contributed by atoms with Crippen LogP contribution in [0.5, 0.6) is 0 Å². The highest BCUT2D eigenvalue weighted by Gasteiger charge is 2.24. The van der Waals surface area contributed by atoms with Crippen LogP contribution >= 0.6 is 24.0 Å². The van der Waals surface area contributed by atoms with Gasteiger partial charge in [0.15, 0.2) is 5.96 Å². The van der Waals surface area contributed by atoms with Gasteiger partial charge in [-0.3, -0.25) is 4.99 Å². The lowest BCUT2D eigenvalue weighted by Crippen LogP contribution is -2.41. The quantitative estimate of drug-likeness (QED) is 0.358. The molecule has 25 heavy (non-hydrogen) atoms. The number of rotatable bonds is 5. The summed E-state index contributed by atoms with van der Waals surface area (Å²) in [5.74, 6) is 2.90. The van der Waals surface area contributed by atoms with E-state index < -0.39 is 6.10 Å². The second-order valence-electron chi connectivity index (χ2n) is 5.83. The average molecular weight is 460 g/mol. The monoisotopic (exact) mass is 460 g/mol. The average Bonchev–Trinajstić information content (AvgIpc) is 3.21. The van der Waals surface area contributed by atoms with Gasteiger partial charge in [-0.25, -0.2) is 9.67 Å². The molecule has 8 nitrogen and oxygen atoms in total. The maximum Gasteiger partial charge on any atom is 0.191 e. The molecule has 0 amide bonds. The van der Waals surface area contributed by atoms with Gasteiger partial charge in [-0.05, 0) is 38.8 Å². The molecule has 3 N–H and O–H groups in total. The van der Waals surface area contributed by atoms with Gasteiger partial charge in [-0.1, -0.05) is 0 Å². The SMILES string of the molecule is CCNC(=NCC(O)c1ccco1)NC1CCCn2nc(C)nc21.I. The Balaban J connectivity index is 0.00000225. The summed E-state index contributed by atoms with van der Waals surface area (Å²) in [5, 5.41) is 21.1. The minimum absolute atomic E-state index is 0. The Labute approximate surface area is 164 Å². The first kappa shape index (κ1) is 19.7. The van der Waals surface area contributed by atoms with E-state index in [1.807, 2.05) is 18.5 Å². The molecule has 0 aliphatic carbocycles. The third kappa shape index (κ3) is 4.94. The Morgan fingerprint density at radius 1 is 1.56 bits per heavy atom. The smallest absolute Gasteiger partial charge is 0.191 e. The van der Waals surface area contributed by atoms with Crippen LogP contribution in [0.25, 0.3) is 0 Å². The largest absolute Gasteiger partial charge is 0.467 e. The van der Waals surface area contributed by atoms with Crippen LogP contribution in [0.15, 0.2) is 27.8 Å². The van der Waals surface area contributed by atoms with E-state index in [9.17, 15) is 5.11 Å². The molecule has 9 heteroatoms. The van der Waals surface area contributed by atoms with E-state index in [2.05, 4.69) is 25.7 Å². The molecule has 2 aromatic heterocycles. The zero-order valence-corrected chi connectivity index (χ0v) is 16.8. The summed E-state index contributed by atoms with van der Waals surface area (Å²) in [6.45, 7) is 5.77. The van der Waals surface area contributed by atoms with E-state index in [0.29, 0.717) is 11.7 Å². The fourth-order valence-electron chi connectivity index (χ4n) is 2.84. The van der Waals surface area contributed by atoms with Crippen LogP contribution in [0.1, 0.15) is 49.3 Å². The van der Waals surface area contributed by atoms with Crippen molar-refractivity contribution in [3.8, 4) is 0 Å². The van der Waals surface area contributed by atoms with Crippen molar-refractivity contribution in [1.82, 2.24) is 25.4 Å². The molecule has 0 spiro atoms. The molecule has 3 heterocycles. The van der Waals surface area contributed by atoms with Crippen molar-refractivity contribution in [1.29, 1.82) is 0 Å². The zero-order valence-electron chi connectivity index (χ0n) is 14.5. The zero-order chi connectivity index (χ0) is 16.9. The van der Waals surface area contributed by atoms with Crippen LogP contribution in [0.2, 0.25) is 0 Å². The van der Waals surface area contributed by atoms with Gasteiger partial charge >= 0.3 is 0 Å². The highest BCUT2D eigenvalue weighted by Crippen LogP contribution is 2.22. The molecule has 3 rings (SSSR count). The van der Waals surface area contributed by atoms with Crippen LogP contribution in [0.4, 0.5) is 0 Å². The molecule has 1 aliphatic heterocycles. The van der Waals surface area contributed by atoms with E-state index in [4.69, 9.17) is 4.42 Å². The first-order valence-corrected chi connectivity index (χ1v) is 8.35. The van der Waals surface area contributed by atoms with E-state index in [0.717, 1.165) is 37.6 Å². The van der Waals surface area contributed by atoms with Crippen LogP contribution in [-0.2, 0) is 6.54 Å². The molecule has 138 valence electrons. The summed E-state index contributed by atoms with van der Waals surface area (Å²) < 4.78 is 7.16. The fraction of sp³-hybridized carbons (Fsp3) is 0.562. The van der Waals surface area contributed by atoms with Crippen molar-refractivity contribution in [2.45, 2.75) is 45.4 Å². The first-order chi connectivity index (χ1) is 11.7. The molecular weight excluding hydrogens is 435 g/mol. The second-order valence-corrected chi connectivity index (χ2v) is 5.83. The van der Waals surface area contributed by atoms with Crippen LogP contribution in [0.3, 0.4) is 0 Å². The molecule has 0 radical (unpaired) electrons. The number of aliphatic hydroxyl groups is 1. The molecule has 0 saturated heterocycles. The number of fused-ring (bicyclic) bond motifs is 1. The van der Waals surface area contributed by atoms with Gasteiger partial charge < -0.3 is 20.2 Å². The van der Waals surface area contributed by atoms with E-state index in [1.165, 1.54) is 0 Å². The van der Waals surface area contributed by atoms with Crippen LogP contribution in [-0.4, -0.2) is 38.9 Å². The van der Waals surface area contributed by atoms with Crippen molar-refractivity contribution < 1.29 is 9.52 Å². The number of nitrogens with one attached hydrogen (secondary N) is 2. The third-order valence-electron chi connectivity index (χ3n) is 3.93. The Bertz CT molecular complexity index is 685.